The lowest BCUT2D eigenvalue weighted by molar-refractivity contribution is -0.187. The highest BCUT2D eigenvalue weighted by atomic mass is 79.9. The topological polar surface area (TPSA) is 123 Å². The minimum absolute atomic E-state index is 0.125. The number of fused-ring (bicyclic) bond motifs is 2. The van der Waals surface area contributed by atoms with Crippen molar-refractivity contribution in [3.8, 4) is 23.0 Å². The first-order chi connectivity index (χ1) is 20.0. The monoisotopic (exact) mass is 684 g/mol. The quantitative estimate of drug-likeness (QED) is 0.187. The molecular formula is C28H27BrF6O8. The summed E-state index contributed by atoms with van der Waals surface area (Å²) in [5.41, 5.74) is 0.0492. The summed E-state index contributed by atoms with van der Waals surface area (Å²) in [5.74, 6) is -1.62. The van der Waals surface area contributed by atoms with E-state index in [0.717, 1.165) is 31.4 Å². The molecule has 0 aromatic heterocycles. The van der Waals surface area contributed by atoms with Crippen LogP contribution in [0.3, 0.4) is 0 Å². The first-order valence-electron chi connectivity index (χ1n) is 12.3. The number of benzene rings is 2. The largest absolute Gasteiger partial charge is 0.508 e. The molecule has 0 aliphatic carbocycles. The second kappa shape index (κ2) is 14.1. The van der Waals surface area contributed by atoms with Gasteiger partial charge >= 0.3 is 24.3 Å². The van der Waals surface area contributed by atoms with Crippen LogP contribution in [-0.4, -0.2) is 64.8 Å². The average Bonchev–Trinajstić information content (AvgIpc) is 2.95. The molecule has 0 bridgehead atoms. The number of carboxylic acids is 1. The molecule has 0 radical (unpaired) electrons. The molecule has 3 N–H and O–H groups in total. The highest BCUT2D eigenvalue weighted by molar-refractivity contribution is 9.08. The maximum absolute atomic E-state index is 13.0. The van der Waals surface area contributed by atoms with Crippen LogP contribution in [0.4, 0.5) is 26.3 Å². The molecule has 0 saturated heterocycles. The number of phenolic OH excluding ortho intramolecular Hbond substituents is 2. The van der Waals surface area contributed by atoms with Gasteiger partial charge in [0, 0.05) is 23.3 Å². The molecule has 8 nitrogen and oxygen atoms in total. The first kappa shape index (κ1) is 35.3. The van der Waals surface area contributed by atoms with Crippen LogP contribution in [0.25, 0.3) is 12.2 Å². The number of phenols is 2. The van der Waals surface area contributed by atoms with Crippen LogP contribution in [-0.2, 0) is 27.2 Å². The Morgan fingerprint density at radius 1 is 0.791 bits per heavy atom. The van der Waals surface area contributed by atoms with E-state index in [1.165, 1.54) is 12.1 Å². The molecule has 2 aliphatic rings. The zero-order valence-corrected chi connectivity index (χ0v) is 24.6. The predicted molar refractivity (Wildman–Crippen MR) is 146 cm³/mol. The van der Waals surface area contributed by atoms with Crippen LogP contribution >= 0.6 is 15.9 Å². The summed E-state index contributed by atoms with van der Waals surface area (Å²) in [4.78, 5) is 22.5. The van der Waals surface area contributed by atoms with Crippen molar-refractivity contribution >= 4 is 40.0 Å². The lowest BCUT2D eigenvalue weighted by Gasteiger charge is -2.28. The van der Waals surface area contributed by atoms with Crippen molar-refractivity contribution in [2.24, 2.45) is 0 Å². The van der Waals surface area contributed by atoms with Gasteiger partial charge in [-0.15, -0.1) is 0 Å². The van der Waals surface area contributed by atoms with Gasteiger partial charge in [-0.05, 0) is 54.1 Å². The van der Waals surface area contributed by atoms with Gasteiger partial charge in [0.25, 0.3) is 0 Å². The summed E-state index contributed by atoms with van der Waals surface area (Å²) in [6, 6.07) is 5.10. The number of hydrogen-bond donors (Lipinski definition) is 3. The lowest BCUT2D eigenvalue weighted by atomic mass is 9.98. The molecule has 2 heterocycles. The SMILES string of the molecule is CBr.CCc1cc2c(cc1O)OC(C(F)(F)F)C(C(=O)O)=C2.CCc1cc2c(cc1O)OC(C(F)(F)F)C(C(=O)OC)=C2. The lowest BCUT2D eigenvalue weighted by Crippen LogP contribution is -2.40. The molecule has 0 amide bonds. The van der Waals surface area contributed by atoms with E-state index >= 15 is 0 Å². The molecular weight excluding hydrogens is 658 g/mol. The van der Waals surface area contributed by atoms with Crippen molar-refractivity contribution in [1.29, 1.82) is 0 Å². The Hall–Kier alpha value is -3.88. The normalized spacial score (nSPS) is 17.1. The maximum atomic E-state index is 13.0. The van der Waals surface area contributed by atoms with Crippen LogP contribution in [0.15, 0.2) is 35.4 Å². The summed E-state index contributed by atoms with van der Waals surface area (Å²) in [6.07, 6.45) is -11.6. The van der Waals surface area contributed by atoms with E-state index in [1.807, 2.05) is 5.83 Å². The summed E-state index contributed by atoms with van der Waals surface area (Å²) in [5, 5.41) is 28.2. The van der Waals surface area contributed by atoms with Crippen molar-refractivity contribution in [1.82, 2.24) is 0 Å². The van der Waals surface area contributed by atoms with Gasteiger partial charge in [-0.3, -0.25) is 0 Å². The highest BCUT2D eigenvalue weighted by Crippen LogP contribution is 2.41. The van der Waals surface area contributed by atoms with E-state index in [2.05, 4.69) is 20.7 Å². The second-order valence-electron chi connectivity index (χ2n) is 8.82. The maximum Gasteiger partial charge on any atom is 0.430 e. The highest BCUT2D eigenvalue weighted by Gasteiger charge is 2.49. The van der Waals surface area contributed by atoms with Gasteiger partial charge < -0.3 is 29.5 Å². The Balaban J connectivity index is 0.000000284. The van der Waals surface area contributed by atoms with Gasteiger partial charge in [-0.25, -0.2) is 9.59 Å². The number of methoxy groups -OCH3 is 1. The fraction of sp³-hybridized carbons (Fsp3) is 0.357. The van der Waals surface area contributed by atoms with Crippen LogP contribution in [0.5, 0.6) is 23.0 Å². The van der Waals surface area contributed by atoms with E-state index < -0.39 is 47.6 Å². The standard InChI is InChI=1S/C14H13F3O4.C13H11F3O4.CH3Br/c1-3-7-4-8-5-9(13(19)20-2)12(14(15,16)17)21-11(8)6-10(7)18;1-2-6-3-7-4-8(12(18)19)11(13(14,15)16)20-10(7)5-9(6)17;1-2/h4-6,12,18H,3H2,1-2H3;3-5,11,17H,2H2,1H3,(H,18,19);1H3. The van der Waals surface area contributed by atoms with E-state index in [4.69, 9.17) is 14.6 Å². The number of alkyl halides is 7. The Morgan fingerprint density at radius 2 is 1.16 bits per heavy atom. The van der Waals surface area contributed by atoms with E-state index in [0.29, 0.717) is 29.5 Å². The third-order valence-electron chi connectivity index (χ3n) is 6.12. The van der Waals surface area contributed by atoms with E-state index in [1.54, 1.807) is 13.8 Å². The smallest absolute Gasteiger partial charge is 0.430 e. The molecule has 4 rings (SSSR count). The van der Waals surface area contributed by atoms with Gasteiger partial charge in [0.1, 0.15) is 23.0 Å². The number of halogens is 7. The zero-order valence-electron chi connectivity index (χ0n) is 23.1. The molecule has 2 aromatic rings. The van der Waals surface area contributed by atoms with Crippen LogP contribution in [0, 0.1) is 0 Å². The number of hydrogen-bond acceptors (Lipinski definition) is 7. The third kappa shape index (κ3) is 8.15. The van der Waals surface area contributed by atoms with E-state index in [9.17, 15) is 46.1 Å². The number of ether oxygens (including phenoxy) is 3. The molecule has 2 unspecified atom stereocenters. The van der Waals surface area contributed by atoms with Crippen LogP contribution in [0.1, 0.15) is 36.1 Å². The number of aromatic hydroxyl groups is 2. The molecule has 0 fully saturated rings. The number of rotatable bonds is 4. The van der Waals surface area contributed by atoms with Gasteiger partial charge in [0.15, 0.2) is 0 Å². The van der Waals surface area contributed by atoms with Crippen molar-refractivity contribution in [2.75, 3.05) is 12.9 Å². The summed E-state index contributed by atoms with van der Waals surface area (Å²) >= 11 is 2.94. The summed E-state index contributed by atoms with van der Waals surface area (Å²) in [6.45, 7) is 3.54. The Kier molecular flexibility index (Phi) is 11.5. The minimum atomic E-state index is -4.85. The fourth-order valence-electron chi connectivity index (χ4n) is 4.07. The molecule has 43 heavy (non-hydrogen) atoms. The molecule has 2 atom stereocenters. The Morgan fingerprint density at radius 3 is 1.49 bits per heavy atom. The predicted octanol–water partition coefficient (Wildman–Crippen LogP) is 6.59. The molecule has 236 valence electrons. The molecule has 2 aliphatic heterocycles. The first-order valence-corrected chi connectivity index (χ1v) is 13.9. The molecule has 2 aromatic carbocycles. The Labute approximate surface area is 250 Å². The van der Waals surface area contributed by atoms with Gasteiger partial charge in [0.05, 0.1) is 18.3 Å². The van der Waals surface area contributed by atoms with Gasteiger partial charge in [-0.1, -0.05) is 29.8 Å². The fourth-order valence-corrected chi connectivity index (χ4v) is 4.07. The molecule has 0 saturated carbocycles. The third-order valence-corrected chi connectivity index (χ3v) is 6.12. The molecule has 15 heteroatoms. The number of carboxylic acid groups (broad SMARTS) is 1. The van der Waals surface area contributed by atoms with Crippen molar-refractivity contribution in [3.05, 3.63) is 57.7 Å². The van der Waals surface area contributed by atoms with E-state index in [-0.39, 0.29) is 28.6 Å². The Bertz CT molecular complexity index is 1420. The van der Waals surface area contributed by atoms with Gasteiger partial charge in [0.2, 0.25) is 12.2 Å². The summed E-state index contributed by atoms with van der Waals surface area (Å²) < 4.78 is 91.3. The average molecular weight is 685 g/mol. The van der Waals surface area contributed by atoms with Crippen LogP contribution < -0.4 is 9.47 Å². The van der Waals surface area contributed by atoms with Gasteiger partial charge in [-0.2, -0.15) is 26.3 Å². The number of carbonyl (C=O) groups excluding carboxylic acids is 1. The van der Waals surface area contributed by atoms with Crippen molar-refractivity contribution in [2.45, 2.75) is 51.2 Å². The second-order valence-corrected chi connectivity index (χ2v) is 8.82. The van der Waals surface area contributed by atoms with Crippen molar-refractivity contribution in [3.63, 3.8) is 0 Å². The van der Waals surface area contributed by atoms with Crippen molar-refractivity contribution < 1.29 is 65.5 Å². The number of esters is 1. The zero-order chi connectivity index (χ0) is 32.9. The summed E-state index contributed by atoms with van der Waals surface area (Å²) in [7, 11) is 1.00. The van der Waals surface area contributed by atoms with Crippen LogP contribution in [0.2, 0.25) is 0 Å². The molecule has 0 spiro atoms. The minimum Gasteiger partial charge on any atom is -0.508 e. The number of carbonyl (C=O) groups is 2. The number of aryl methyl sites for hydroxylation is 2. The number of aliphatic carboxylic acids is 1.